The van der Waals surface area contributed by atoms with Crippen LogP contribution in [0.2, 0.25) is 5.02 Å². The highest BCUT2D eigenvalue weighted by molar-refractivity contribution is 6.31. The molecule has 4 rings (SSSR count). The molecule has 0 bridgehead atoms. The molecule has 206 valence electrons. The summed E-state index contributed by atoms with van der Waals surface area (Å²) in [6, 6.07) is 13.0. The van der Waals surface area contributed by atoms with Crippen molar-refractivity contribution in [3.63, 3.8) is 0 Å². The second kappa shape index (κ2) is 13.3. The average Bonchev–Trinajstić information content (AvgIpc) is 3.27. The Labute approximate surface area is 227 Å². The topological polar surface area (TPSA) is 118 Å². The van der Waals surface area contributed by atoms with Crippen molar-refractivity contribution in [2.24, 2.45) is 0 Å². The van der Waals surface area contributed by atoms with Crippen LogP contribution in [-0.2, 0) is 11.2 Å². The summed E-state index contributed by atoms with van der Waals surface area (Å²) in [5.74, 6) is 0.658. The number of carbonyl (C=O) groups excluding carboxylic acids is 1. The highest BCUT2D eigenvalue weighted by Gasteiger charge is 2.35. The fourth-order valence-electron chi connectivity index (χ4n) is 5.04. The molecular weight excluding hydrogens is 510 g/mol. The van der Waals surface area contributed by atoms with Gasteiger partial charge >= 0.3 is 6.09 Å². The number of nitrogens with zero attached hydrogens (tertiary/aromatic N) is 2. The summed E-state index contributed by atoms with van der Waals surface area (Å²) >= 11 is 6.27. The molecule has 9 nitrogen and oxygen atoms in total. The molecule has 0 saturated heterocycles. The number of benzene rings is 2. The number of aliphatic hydroxyl groups excluding tert-OH is 3. The van der Waals surface area contributed by atoms with E-state index < -0.39 is 6.10 Å². The van der Waals surface area contributed by atoms with Crippen LogP contribution in [0.5, 0.6) is 5.75 Å². The second-order valence-corrected chi connectivity index (χ2v) is 9.80. The van der Waals surface area contributed by atoms with Crippen LogP contribution in [0.3, 0.4) is 0 Å². The summed E-state index contributed by atoms with van der Waals surface area (Å²) in [4.78, 5) is 20.0. The number of rotatable bonds is 12. The number of amides is 1. The van der Waals surface area contributed by atoms with Crippen LogP contribution in [0.15, 0.2) is 42.5 Å². The minimum absolute atomic E-state index is 0.0299. The maximum Gasteiger partial charge on any atom is 0.410 e. The van der Waals surface area contributed by atoms with Crippen LogP contribution in [0.1, 0.15) is 36.2 Å². The molecule has 10 heteroatoms. The number of aliphatic hydroxyl groups is 3. The summed E-state index contributed by atoms with van der Waals surface area (Å²) in [7, 11) is 0. The molecule has 2 unspecified atom stereocenters. The predicted octanol–water partition coefficient (Wildman–Crippen LogP) is 3.34. The van der Waals surface area contributed by atoms with E-state index in [1.165, 1.54) is 0 Å². The first-order valence-electron chi connectivity index (χ1n) is 13.0. The molecule has 4 N–H and O–H groups in total. The summed E-state index contributed by atoms with van der Waals surface area (Å²) < 4.78 is 11.2. The van der Waals surface area contributed by atoms with Gasteiger partial charge in [-0.3, -0.25) is 9.80 Å². The molecule has 1 aromatic heterocycles. The summed E-state index contributed by atoms with van der Waals surface area (Å²) in [5.41, 5.74) is 4.00. The Kier molecular flexibility index (Phi) is 9.87. The molecule has 0 spiro atoms. The lowest BCUT2D eigenvalue weighted by Gasteiger charge is -2.35. The van der Waals surface area contributed by atoms with Crippen molar-refractivity contribution in [3.05, 3.63) is 64.3 Å². The maximum absolute atomic E-state index is 12.9. The van der Waals surface area contributed by atoms with E-state index in [9.17, 15) is 9.90 Å². The van der Waals surface area contributed by atoms with Gasteiger partial charge in [0.05, 0.1) is 32.5 Å². The van der Waals surface area contributed by atoms with Gasteiger partial charge in [0.15, 0.2) is 0 Å². The quantitative estimate of drug-likeness (QED) is 0.276. The van der Waals surface area contributed by atoms with E-state index in [1.54, 1.807) is 11.8 Å². The maximum atomic E-state index is 12.9. The molecule has 38 heavy (non-hydrogen) atoms. The number of nitrogens with one attached hydrogen (secondary N) is 1. The highest BCUT2D eigenvalue weighted by atomic mass is 35.5. The molecule has 1 aliphatic rings. The zero-order chi connectivity index (χ0) is 27.1. The number of carbonyl (C=O) groups is 1. The van der Waals surface area contributed by atoms with Gasteiger partial charge in [-0.15, -0.1) is 0 Å². The Bertz CT molecular complexity index is 1200. The highest BCUT2D eigenvalue weighted by Crippen LogP contribution is 2.39. The van der Waals surface area contributed by atoms with Crippen LogP contribution < -0.4 is 4.74 Å². The summed E-state index contributed by atoms with van der Waals surface area (Å²) in [6.07, 6.45) is 0.116. The van der Waals surface area contributed by atoms with E-state index in [1.807, 2.05) is 47.4 Å². The molecule has 3 aromatic rings. The Morgan fingerprint density at radius 3 is 2.61 bits per heavy atom. The van der Waals surface area contributed by atoms with Crippen LogP contribution in [0.25, 0.3) is 10.9 Å². The van der Waals surface area contributed by atoms with Crippen LogP contribution in [0.4, 0.5) is 4.79 Å². The molecule has 0 fully saturated rings. The van der Waals surface area contributed by atoms with E-state index in [0.717, 1.165) is 27.7 Å². The van der Waals surface area contributed by atoms with E-state index >= 15 is 0 Å². The SMILES string of the molecule is CCOC(=O)N1CCc2c([nH]c3ccc(Cl)cc23)C1c1ccc(OCCC(O)CN(CCO)CCO)cc1. The van der Waals surface area contributed by atoms with Gasteiger partial charge in [0.1, 0.15) is 11.8 Å². The number of fused-ring (bicyclic) bond motifs is 3. The van der Waals surface area contributed by atoms with Crippen molar-refractivity contribution in [1.82, 2.24) is 14.8 Å². The summed E-state index contributed by atoms with van der Waals surface area (Å²) in [6.45, 7) is 4.03. The lowest BCUT2D eigenvalue weighted by Crippen LogP contribution is -2.40. The van der Waals surface area contributed by atoms with E-state index in [-0.39, 0.29) is 25.3 Å². The Morgan fingerprint density at radius 2 is 1.92 bits per heavy atom. The largest absolute Gasteiger partial charge is 0.493 e. The Balaban J connectivity index is 1.48. The normalized spacial score (nSPS) is 16.1. The molecular formula is C28H36ClN3O6. The molecule has 1 aliphatic heterocycles. The zero-order valence-electron chi connectivity index (χ0n) is 21.6. The van der Waals surface area contributed by atoms with Crippen molar-refractivity contribution in [1.29, 1.82) is 0 Å². The van der Waals surface area contributed by atoms with E-state index in [2.05, 4.69) is 4.98 Å². The Hall–Kier alpha value is -2.82. The van der Waals surface area contributed by atoms with Crippen molar-refractivity contribution in [2.75, 3.05) is 52.6 Å². The Morgan fingerprint density at radius 1 is 1.18 bits per heavy atom. The number of halogens is 1. The van der Waals surface area contributed by atoms with Gasteiger partial charge in [0, 0.05) is 54.2 Å². The summed E-state index contributed by atoms with van der Waals surface area (Å²) in [5, 5.41) is 30.3. The third-order valence-corrected chi connectivity index (χ3v) is 7.04. The minimum Gasteiger partial charge on any atom is -0.493 e. The second-order valence-electron chi connectivity index (χ2n) is 9.36. The lowest BCUT2D eigenvalue weighted by atomic mass is 9.92. The number of aromatic nitrogens is 1. The van der Waals surface area contributed by atoms with E-state index in [0.29, 0.717) is 63.0 Å². The molecule has 2 aromatic carbocycles. The van der Waals surface area contributed by atoms with Crippen molar-refractivity contribution < 1.29 is 29.6 Å². The molecule has 2 heterocycles. The number of H-pyrrole nitrogens is 1. The fraction of sp³-hybridized carbons (Fsp3) is 0.464. The smallest absolute Gasteiger partial charge is 0.410 e. The first kappa shape index (κ1) is 28.2. The average molecular weight is 546 g/mol. The van der Waals surface area contributed by atoms with Crippen molar-refractivity contribution in [3.8, 4) is 5.75 Å². The lowest BCUT2D eigenvalue weighted by molar-refractivity contribution is 0.0731. The van der Waals surface area contributed by atoms with Gasteiger partial charge in [-0.1, -0.05) is 23.7 Å². The minimum atomic E-state index is -0.637. The monoisotopic (exact) mass is 545 g/mol. The van der Waals surface area contributed by atoms with Crippen molar-refractivity contribution >= 4 is 28.6 Å². The predicted molar refractivity (Wildman–Crippen MR) is 146 cm³/mol. The third kappa shape index (κ3) is 6.59. The first-order chi connectivity index (χ1) is 18.4. The number of hydrogen-bond donors (Lipinski definition) is 4. The first-order valence-corrected chi connectivity index (χ1v) is 13.4. The van der Waals surface area contributed by atoms with Gasteiger partial charge in [-0.2, -0.15) is 0 Å². The van der Waals surface area contributed by atoms with E-state index in [4.69, 9.17) is 31.3 Å². The van der Waals surface area contributed by atoms with Gasteiger partial charge in [-0.25, -0.2) is 4.79 Å². The zero-order valence-corrected chi connectivity index (χ0v) is 22.4. The molecule has 1 amide bonds. The number of ether oxygens (including phenoxy) is 2. The van der Waals surface area contributed by atoms with Gasteiger partial charge in [-0.05, 0) is 54.8 Å². The third-order valence-electron chi connectivity index (χ3n) is 6.81. The molecule has 0 saturated carbocycles. The van der Waals surface area contributed by atoms with Crippen molar-refractivity contribution in [2.45, 2.75) is 31.9 Å². The van der Waals surface area contributed by atoms with Gasteiger partial charge in [0.2, 0.25) is 0 Å². The molecule has 0 aliphatic carbocycles. The molecule has 0 radical (unpaired) electrons. The van der Waals surface area contributed by atoms with Crippen LogP contribution >= 0.6 is 11.6 Å². The standard InChI is InChI=1S/C28H36ClN3O6/c1-2-37-28(36)32-11-9-23-24-17-20(29)5-8-25(24)30-26(23)27(32)19-3-6-22(7-4-19)38-16-10-21(35)18-31(12-14-33)13-15-34/h3-8,17,21,27,30,33-35H,2,9-16,18H2,1H3. The number of hydrogen-bond acceptors (Lipinski definition) is 7. The van der Waals surface area contributed by atoms with Crippen LogP contribution in [0, 0.1) is 0 Å². The van der Waals surface area contributed by atoms with Gasteiger partial charge < -0.3 is 29.8 Å². The van der Waals surface area contributed by atoms with Crippen LogP contribution in [-0.4, -0.2) is 94.9 Å². The molecule has 2 atom stereocenters. The fourth-order valence-corrected chi connectivity index (χ4v) is 5.21. The number of aromatic amines is 1. The van der Waals surface area contributed by atoms with Gasteiger partial charge in [0.25, 0.3) is 0 Å².